The van der Waals surface area contributed by atoms with Gasteiger partial charge in [-0.05, 0) is 43.2 Å². The molecule has 0 radical (unpaired) electrons. The molecule has 0 fully saturated rings. The zero-order chi connectivity index (χ0) is 18.0. The number of carbonyl (C=O) groups excluding carboxylic acids is 3. The lowest BCUT2D eigenvalue weighted by Crippen LogP contribution is -2.43. The van der Waals surface area contributed by atoms with E-state index in [1.165, 1.54) is 0 Å². The number of imide groups is 1. The summed E-state index contributed by atoms with van der Waals surface area (Å²) in [4.78, 5) is 40.4. The molecule has 0 aliphatic carbocycles. The van der Waals surface area contributed by atoms with E-state index in [9.17, 15) is 14.4 Å². The molecular weight excluding hydrogens is 316 g/mol. The molecule has 0 atom stereocenters. The SMILES string of the molecule is CCCN(C(=O)CN1C(=O)c2ccccc2C1=O)c1cccc(C)c1. The lowest BCUT2D eigenvalue weighted by atomic mass is 10.1. The van der Waals surface area contributed by atoms with Crippen LogP contribution in [0.3, 0.4) is 0 Å². The molecule has 0 saturated carbocycles. The number of hydrogen-bond acceptors (Lipinski definition) is 3. The fraction of sp³-hybridized carbons (Fsp3) is 0.250. The molecular formula is C20H20N2O3. The molecule has 3 rings (SSSR count). The van der Waals surface area contributed by atoms with Gasteiger partial charge in [0, 0.05) is 12.2 Å². The minimum absolute atomic E-state index is 0.250. The van der Waals surface area contributed by atoms with Gasteiger partial charge in [0.15, 0.2) is 0 Å². The number of carbonyl (C=O) groups is 3. The molecule has 0 saturated heterocycles. The summed E-state index contributed by atoms with van der Waals surface area (Å²) in [6.45, 7) is 4.23. The van der Waals surface area contributed by atoms with E-state index >= 15 is 0 Å². The molecule has 5 nitrogen and oxygen atoms in total. The number of hydrogen-bond donors (Lipinski definition) is 0. The maximum absolute atomic E-state index is 12.8. The summed E-state index contributed by atoms with van der Waals surface area (Å²) in [6.07, 6.45) is 0.780. The van der Waals surface area contributed by atoms with Crippen molar-refractivity contribution in [2.45, 2.75) is 20.3 Å². The first kappa shape index (κ1) is 16.9. The Morgan fingerprint density at radius 1 is 1.00 bits per heavy atom. The number of benzene rings is 2. The zero-order valence-electron chi connectivity index (χ0n) is 14.4. The molecule has 2 aromatic carbocycles. The lowest BCUT2D eigenvalue weighted by molar-refractivity contribution is -0.119. The highest BCUT2D eigenvalue weighted by Crippen LogP contribution is 2.23. The summed E-state index contributed by atoms with van der Waals surface area (Å²) in [5.41, 5.74) is 2.55. The standard InChI is InChI=1S/C20H20N2O3/c1-3-11-21(15-8-6-7-14(2)12-15)18(23)13-22-19(24)16-9-4-5-10-17(16)20(22)25/h4-10,12H,3,11,13H2,1-2H3. The van der Waals surface area contributed by atoms with Gasteiger partial charge in [-0.15, -0.1) is 0 Å². The molecule has 1 aliphatic rings. The Hall–Kier alpha value is -2.95. The van der Waals surface area contributed by atoms with Crippen LogP contribution in [0.2, 0.25) is 0 Å². The van der Waals surface area contributed by atoms with E-state index in [-0.39, 0.29) is 12.5 Å². The van der Waals surface area contributed by atoms with Gasteiger partial charge in [0.05, 0.1) is 11.1 Å². The van der Waals surface area contributed by atoms with Crippen molar-refractivity contribution in [1.29, 1.82) is 0 Å². The molecule has 1 heterocycles. The molecule has 3 amide bonds. The van der Waals surface area contributed by atoms with Crippen molar-refractivity contribution < 1.29 is 14.4 Å². The maximum atomic E-state index is 12.8. The van der Waals surface area contributed by atoms with Crippen LogP contribution in [0.5, 0.6) is 0 Å². The Labute approximate surface area is 146 Å². The third kappa shape index (κ3) is 3.18. The van der Waals surface area contributed by atoms with Crippen molar-refractivity contribution >= 4 is 23.4 Å². The van der Waals surface area contributed by atoms with Crippen molar-refractivity contribution in [1.82, 2.24) is 4.90 Å². The van der Waals surface area contributed by atoms with Crippen LogP contribution in [-0.4, -0.2) is 35.7 Å². The molecule has 0 aromatic heterocycles. The Morgan fingerprint density at radius 2 is 1.64 bits per heavy atom. The van der Waals surface area contributed by atoms with Gasteiger partial charge >= 0.3 is 0 Å². The predicted molar refractivity (Wildman–Crippen MR) is 95.6 cm³/mol. The predicted octanol–water partition coefficient (Wildman–Crippen LogP) is 3.03. The smallest absolute Gasteiger partial charge is 0.262 e. The molecule has 128 valence electrons. The van der Waals surface area contributed by atoms with Crippen molar-refractivity contribution in [2.24, 2.45) is 0 Å². The Bertz CT molecular complexity index is 809. The molecule has 1 aliphatic heterocycles. The average molecular weight is 336 g/mol. The summed E-state index contributed by atoms with van der Waals surface area (Å²) >= 11 is 0. The number of aryl methyl sites for hydroxylation is 1. The summed E-state index contributed by atoms with van der Waals surface area (Å²) < 4.78 is 0. The van der Waals surface area contributed by atoms with Crippen molar-refractivity contribution in [3.63, 3.8) is 0 Å². The highest BCUT2D eigenvalue weighted by atomic mass is 16.2. The number of anilines is 1. The largest absolute Gasteiger partial charge is 0.311 e. The van der Waals surface area contributed by atoms with Crippen LogP contribution in [0.1, 0.15) is 39.6 Å². The molecule has 5 heteroatoms. The van der Waals surface area contributed by atoms with Crippen LogP contribution in [0.25, 0.3) is 0 Å². The third-order valence-corrected chi connectivity index (χ3v) is 4.23. The molecule has 0 N–H and O–H groups in total. The van der Waals surface area contributed by atoms with Gasteiger partial charge in [0.25, 0.3) is 11.8 Å². The Balaban J connectivity index is 1.83. The van der Waals surface area contributed by atoms with E-state index < -0.39 is 11.8 Å². The summed E-state index contributed by atoms with van der Waals surface area (Å²) in [7, 11) is 0. The van der Waals surface area contributed by atoms with Crippen LogP contribution in [0.4, 0.5) is 5.69 Å². The Kier molecular flexibility index (Phi) is 4.65. The first-order valence-electron chi connectivity index (χ1n) is 8.35. The van der Waals surface area contributed by atoms with E-state index in [0.29, 0.717) is 17.7 Å². The van der Waals surface area contributed by atoms with Crippen molar-refractivity contribution in [3.8, 4) is 0 Å². The minimum Gasteiger partial charge on any atom is -0.311 e. The lowest BCUT2D eigenvalue weighted by Gasteiger charge is -2.25. The summed E-state index contributed by atoms with van der Waals surface area (Å²) in [5.74, 6) is -1.08. The number of rotatable bonds is 5. The van der Waals surface area contributed by atoms with Gasteiger partial charge in [-0.25, -0.2) is 0 Å². The second kappa shape index (κ2) is 6.89. The van der Waals surface area contributed by atoms with E-state index in [2.05, 4.69) is 0 Å². The van der Waals surface area contributed by atoms with Crippen LogP contribution < -0.4 is 4.90 Å². The average Bonchev–Trinajstić information content (AvgIpc) is 2.85. The molecule has 2 aromatic rings. The fourth-order valence-corrected chi connectivity index (χ4v) is 3.02. The van der Waals surface area contributed by atoms with Gasteiger partial charge in [-0.1, -0.05) is 31.2 Å². The van der Waals surface area contributed by atoms with Crippen LogP contribution >= 0.6 is 0 Å². The highest BCUT2D eigenvalue weighted by Gasteiger charge is 2.37. The van der Waals surface area contributed by atoms with E-state index in [1.807, 2.05) is 38.1 Å². The molecule has 0 bridgehead atoms. The van der Waals surface area contributed by atoms with Gasteiger partial charge in [0.1, 0.15) is 6.54 Å². The first-order valence-corrected chi connectivity index (χ1v) is 8.35. The third-order valence-electron chi connectivity index (χ3n) is 4.23. The van der Waals surface area contributed by atoms with E-state index in [4.69, 9.17) is 0 Å². The normalized spacial score (nSPS) is 13.1. The second-order valence-corrected chi connectivity index (χ2v) is 6.13. The molecule has 0 unspecified atom stereocenters. The van der Waals surface area contributed by atoms with Crippen molar-refractivity contribution in [3.05, 3.63) is 65.2 Å². The van der Waals surface area contributed by atoms with Crippen molar-refractivity contribution in [2.75, 3.05) is 18.0 Å². The van der Waals surface area contributed by atoms with E-state index in [1.54, 1.807) is 29.2 Å². The number of amides is 3. The van der Waals surface area contributed by atoms with Gasteiger partial charge in [0.2, 0.25) is 5.91 Å². The van der Waals surface area contributed by atoms with Crippen LogP contribution in [-0.2, 0) is 4.79 Å². The van der Waals surface area contributed by atoms with Gasteiger partial charge in [-0.3, -0.25) is 19.3 Å². The molecule has 25 heavy (non-hydrogen) atoms. The second-order valence-electron chi connectivity index (χ2n) is 6.13. The number of fused-ring (bicyclic) bond motifs is 1. The molecule has 0 spiro atoms. The quantitative estimate of drug-likeness (QED) is 0.789. The first-order chi connectivity index (χ1) is 12.0. The summed E-state index contributed by atoms with van der Waals surface area (Å²) in [5, 5.41) is 0. The van der Waals surface area contributed by atoms with Crippen LogP contribution in [0, 0.1) is 6.92 Å². The Morgan fingerprint density at radius 3 is 2.20 bits per heavy atom. The highest BCUT2D eigenvalue weighted by molar-refractivity contribution is 6.22. The minimum atomic E-state index is -0.408. The van der Waals surface area contributed by atoms with Gasteiger partial charge < -0.3 is 4.90 Å². The summed E-state index contributed by atoms with van der Waals surface area (Å²) in [6, 6.07) is 14.3. The van der Waals surface area contributed by atoms with E-state index in [0.717, 1.165) is 22.6 Å². The monoisotopic (exact) mass is 336 g/mol. The maximum Gasteiger partial charge on any atom is 0.262 e. The fourth-order valence-electron chi connectivity index (χ4n) is 3.02. The van der Waals surface area contributed by atoms with Gasteiger partial charge in [-0.2, -0.15) is 0 Å². The van der Waals surface area contributed by atoms with Crippen LogP contribution in [0.15, 0.2) is 48.5 Å². The zero-order valence-corrected chi connectivity index (χ0v) is 14.4. The topological polar surface area (TPSA) is 57.7 Å². The number of nitrogens with zero attached hydrogens (tertiary/aromatic N) is 2.